The fraction of sp³-hybridized carbons (Fsp3) is 0.172. The molecule has 0 saturated carbocycles. The first-order chi connectivity index (χ1) is 30.1. The van der Waals surface area contributed by atoms with Crippen LogP contribution < -0.4 is 0 Å². The zero-order valence-corrected chi connectivity index (χ0v) is 36.4. The number of phenolic OH excluding ortho intramolecular Hbond substituents is 1. The zero-order chi connectivity index (χ0) is 42.6. The van der Waals surface area contributed by atoms with Crippen LogP contribution >= 0.6 is 0 Å². The van der Waals surface area contributed by atoms with Gasteiger partial charge in [0.15, 0.2) is 5.82 Å². The van der Waals surface area contributed by atoms with Crippen LogP contribution in [0.5, 0.6) is 5.75 Å². The molecule has 0 bridgehead atoms. The Morgan fingerprint density at radius 1 is 0.500 bits per heavy atom. The molecule has 10 rings (SSSR count). The molecule has 304 valence electrons. The van der Waals surface area contributed by atoms with E-state index in [0.29, 0.717) is 11.8 Å². The number of benzene rings is 7. The second-order valence-electron chi connectivity index (χ2n) is 17.6. The van der Waals surface area contributed by atoms with Gasteiger partial charge < -0.3 is 5.11 Å². The molecule has 7 aromatic carbocycles. The molecule has 0 aliphatic heterocycles. The van der Waals surface area contributed by atoms with Gasteiger partial charge in [-0.2, -0.15) is 0 Å². The van der Waals surface area contributed by atoms with Crippen LogP contribution in [0.3, 0.4) is 0 Å². The van der Waals surface area contributed by atoms with Gasteiger partial charge in [0, 0.05) is 11.1 Å². The summed E-state index contributed by atoms with van der Waals surface area (Å²) in [7, 11) is 0. The lowest BCUT2D eigenvalue weighted by molar-refractivity contribution is 0.476. The normalized spacial score (nSPS) is 12.3. The lowest BCUT2D eigenvalue weighted by atomic mass is 9.84. The van der Waals surface area contributed by atoms with E-state index in [4.69, 9.17) is 9.97 Å². The van der Waals surface area contributed by atoms with Crippen molar-refractivity contribution in [2.75, 3.05) is 0 Å². The number of imidazole rings is 1. The standard InChI is InChI=1S/C58H51N3O/c1-35(2)44-32-45(36(3)4)34-46(33-44)48-23-13-22-47(39-17-8-7-9-18-39)53(48)43-21-11-20-42(31-43)49-24-14-25-51-56(49)60-58(61(51)57-37(5)15-10-16-38(57)6)50-30-29-41-28-27-40-19-12-26-52(62)54(40)55(41)59-50/h7-26,29-36,62H,27-28H2,1-6H3. The van der Waals surface area contributed by atoms with Crippen LogP contribution in [0.2, 0.25) is 0 Å². The van der Waals surface area contributed by atoms with Crippen LogP contribution in [0.25, 0.3) is 84.0 Å². The van der Waals surface area contributed by atoms with Gasteiger partial charge in [-0.25, -0.2) is 9.97 Å². The minimum absolute atomic E-state index is 0.267. The van der Waals surface area contributed by atoms with Gasteiger partial charge in [-0.15, -0.1) is 0 Å². The summed E-state index contributed by atoms with van der Waals surface area (Å²) >= 11 is 0. The topological polar surface area (TPSA) is 50.9 Å². The summed E-state index contributed by atoms with van der Waals surface area (Å²) in [5.41, 5.74) is 22.1. The Morgan fingerprint density at radius 2 is 1.11 bits per heavy atom. The number of aryl methyl sites for hydroxylation is 4. The lowest BCUT2D eigenvalue weighted by Gasteiger charge is -2.21. The van der Waals surface area contributed by atoms with Gasteiger partial charge in [0.1, 0.15) is 11.4 Å². The summed E-state index contributed by atoms with van der Waals surface area (Å²) < 4.78 is 2.30. The van der Waals surface area contributed by atoms with Crippen LogP contribution in [0.1, 0.15) is 72.9 Å². The van der Waals surface area contributed by atoms with E-state index in [1.165, 1.54) is 38.9 Å². The van der Waals surface area contributed by atoms with Gasteiger partial charge in [-0.05, 0) is 135 Å². The van der Waals surface area contributed by atoms with Crippen molar-refractivity contribution < 1.29 is 5.11 Å². The Labute approximate surface area is 365 Å². The summed E-state index contributed by atoms with van der Waals surface area (Å²) in [4.78, 5) is 10.9. The van der Waals surface area contributed by atoms with Crippen LogP contribution in [0.4, 0.5) is 0 Å². The average molecular weight is 806 g/mol. The quantitative estimate of drug-likeness (QED) is 0.166. The number of rotatable bonds is 8. The molecule has 0 saturated heterocycles. The smallest absolute Gasteiger partial charge is 0.164 e. The van der Waals surface area contributed by atoms with Crippen molar-refractivity contribution in [2.24, 2.45) is 0 Å². The van der Waals surface area contributed by atoms with E-state index in [2.05, 4.69) is 192 Å². The predicted octanol–water partition coefficient (Wildman–Crippen LogP) is 15.1. The highest BCUT2D eigenvalue weighted by Gasteiger charge is 2.25. The summed E-state index contributed by atoms with van der Waals surface area (Å²) in [5, 5.41) is 11.1. The van der Waals surface area contributed by atoms with E-state index in [-0.39, 0.29) is 5.75 Å². The molecule has 4 nitrogen and oxygen atoms in total. The molecule has 2 heterocycles. The zero-order valence-electron chi connectivity index (χ0n) is 36.4. The lowest BCUT2D eigenvalue weighted by Crippen LogP contribution is -2.08. The number of para-hydroxylation sites is 2. The summed E-state index contributed by atoms with van der Waals surface area (Å²) in [6.07, 6.45) is 1.76. The van der Waals surface area contributed by atoms with E-state index in [9.17, 15) is 5.11 Å². The van der Waals surface area contributed by atoms with E-state index in [1.54, 1.807) is 6.07 Å². The summed E-state index contributed by atoms with van der Waals surface area (Å²) in [6.45, 7) is 13.5. The van der Waals surface area contributed by atoms with E-state index < -0.39 is 0 Å². The molecule has 2 aromatic heterocycles. The van der Waals surface area contributed by atoms with Crippen LogP contribution in [0, 0.1) is 13.8 Å². The number of hydrogen-bond donors (Lipinski definition) is 1. The van der Waals surface area contributed by atoms with Gasteiger partial charge in [0.25, 0.3) is 0 Å². The number of nitrogens with zero attached hydrogens (tertiary/aromatic N) is 3. The van der Waals surface area contributed by atoms with Gasteiger partial charge in [-0.3, -0.25) is 4.57 Å². The SMILES string of the molecule is Cc1cccc(C)c1-n1c(-c2ccc3c(n2)-c2c(O)cccc2CC3)nc2c(-c3cccc(-c4c(-c5ccccc5)cccc4-c4cc(C(C)C)cc(C(C)C)c4)c3)cccc21. The van der Waals surface area contributed by atoms with E-state index >= 15 is 0 Å². The van der Waals surface area contributed by atoms with Crippen LogP contribution in [-0.4, -0.2) is 19.6 Å². The number of aromatic nitrogens is 3. The van der Waals surface area contributed by atoms with Crippen molar-refractivity contribution in [3.05, 3.63) is 191 Å². The molecular formula is C58H51N3O. The Morgan fingerprint density at radius 3 is 1.85 bits per heavy atom. The molecule has 4 heteroatoms. The summed E-state index contributed by atoms with van der Waals surface area (Å²) in [6, 6.07) is 56.8. The maximum Gasteiger partial charge on any atom is 0.164 e. The van der Waals surface area contributed by atoms with Gasteiger partial charge >= 0.3 is 0 Å². The molecule has 0 radical (unpaired) electrons. The third-order valence-electron chi connectivity index (χ3n) is 12.8. The summed E-state index contributed by atoms with van der Waals surface area (Å²) in [5.74, 6) is 1.85. The minimum atomic E-state index is 0.267. The van der Waals surface area contributed by atoms with Crippen LogP contribution in [0.15, 0.2) is 158 Å². The first-order valence-electron chi connectivity index (χ1n) is 22.0. The van der Waals surface area contributed by atoms with Gasteiger partial charge in [0.05, 0.1) is 22.4 Å². The Balaban J connectivity index is 1.20. The third kappa shape index (κ3) is 6.80. The van der Waals surface area contributed by atoms with Crippen molar-refractivity contribution in [1.82, 2.24) is 14.5 Å². The molecule has 1 aliphatic rings. The Hall–Kier alpha value is -7.04. The average Bonchev–Trinajstić information content (AvgIpc) is 3.68. The second kappa shape index (κ2) is 15.8. The molecule has 0 spiro atoms. The van der Waals surface area contributed by atoms with E-state index in [0.717, 1.165) is 91.3 Å². The van der Waals surface area contributed by atoms with Crippen molar-refractivity contribution in [3.8, 4) is 78.7 Å². The number of aromatic hydroxyl groups is 1. The monoisotopic (exact) mass is 805 g/mol. The van der Waals surface area contributed by atoms with Crippen molar-refractivity contribution in [1.29, 1.82) is 0 Å². The highest BCUT2D eigenvalue weighted by atomic mass is 16.3. The maximum atomic E-state index is 11.1. The minimum Gasteiger partial charge on any atom is -0.507 e. The van der Waals surface area contributed by atoms with Gasteiger partial charge in [0.2, 0.25) is 0 Å². The molecule has 62 heavy (non-hydrogen) atoms. The van der Waals surface area contributed by atoms with Crippen molar-refractivity contribution >= 4 is 11.0 Å². The number of fused-ring (bicyclic) bond motifs is 4. The molecular weight excluding hydrogens is 755 g/mol. The molecule has 1 N–H and O–H groups in total. The fourth-order valence-electron chi connectivity index (χ4n) is 9.56. The number of phenols is 1. The maximum absolute atomic E-state index is 11.1. The highest BCUT2D eigenvalue weighted by Crippen LogP contribution is 2.45. The molecule has 1 aliphatic carbocycles. The molecule has 9 aromatic rings. The highest BCUT2D eigenvalue weighted by molar-refractivity contribution is 5.99. The third-order valence-corrected chi connectivity index (χ3v) is 12.8. The number of hydrogen-bond acceptors (Lipinski definition) is 3. The van der Waals surface area contributed by atoms with Crippen LogP contribution in [-0.2, 0) is 12.8 Å². The molecule has 0 atom stereocenters. The second-order valence-corrected chi connectivity index (χ2v) is 17.6. The Bertz CT molecular complexity index is 3120. The molecule has 0 amide bonds. The Kier molecular flexibility index (Phi) is 9.95. The number of pyridine rings is 1. The fourth-order valence-corrected chi connectivity index (χ4v) is 9.56. The first kappa shape index (κ1) is 39.1. The van der Waals surface area contributed by atoms with Crippen molar-refractivity contribution in [3.63, 3.8) is 0 Å². The first-order valence-corrected chi connectivity index (χ1v) is 22.0. The molecule has 0 unspecified atom stereocenters. The van der Waals surface area contributed by atoms with E-state index in [1.807, 2.05) is 6.07 Å². The van der Waals surface area contributed by atoms with Crippen molar-refractivity contribution in [2.45, 2.75) is 66.2 Å². The van der Waals surface area contributed by atoms with Gasteiger partial charge in [-0.1, -0.05) is 161 Å². The predicted molar refractivity (Wildman–Crippen MR) is 258 cm³/mol. The largest absolute Gasteiger partial charge is 0.507 e. The molecule has 0 fully saturated rings.